The number of benzene rings is 2. The summed E-state index contributed by atoms with van der Waals surface area (Å²) < 4.78 is 31.3. The highest BCUT2D eigenvalue weighted by Gasteiger charge is 2.30. The molecule has 0 saturated heterocycles. The molecule has 166 valence electrons. The number of halogens is 1. The lowest BCUT2D eigenvalue weighted by molar-refractivity contribution is -0.123. The molecule has 1 atom stereocenters. The standard InChI is InChI=1S/C24H24FN3O4/c1-14-11-26-15(2)23(28-14)17-8-9-19(25)18-10-16(32-24(17)18)12-27-22(29)13-31-21-7-5-4-6-20(21)30-3/h4-9,11,16H,10,12-13H2,1-3H3,(H,27,29)/t16-/m1/s1. The molecule has 0 fully saturated rings. The second-order valence-corrected chi connectivity index (χ2v) is 7.54. The zero-order valence-corrected chi connectivity index (χ0v) is 18.1. The van der Waals surface area contributed by atoms with Crippen molar-refractivity contribution in [2.75, 3.05) is 20.3 Å². The van der Waals surface area contributed by atoms with Crippen molar-refractivity contribution in [2.24, 2.45) is 0 Å². The molecule has 32 heavy (non-hydrogen) atoms. The summed E-state index contributed by atoms with van der Waals surface area (Å²) in [7, 11) is 1.54. The number of hydrogen-bond donors (Lipinski definition) is 1. The second-order valence-electron chi connectivity index (χ2n) is 7.54. The summed E-state index contributed by atoms with van der Waals surface area (Å²) in [5.41, 5.74) is 3.34. The van der Waals surface area contributed by atoms with E-state index < -0.39 is 6.10 Å². The van der Waals surface area contributed by atoms with E-state index in [1.165, 1.54) is 13.2 Å². The highest BCUT2D eigenvalue weighted by atomic mass is 19.1. The first-order valence-electron chi connectivity index (χ1n) is 10.3. The van der Waals surface area contributed by atoms with Crippen LogP contribution in [-0.2, 0) is 11.2 Å². The van der Waals surface area contributed by atoms with Gasteiger partial charge in [-0.15, -0.1) is 0 Å². The largest absolute Gasteiger partial charge is 0.493 e. The number of rotatable bonds is 7. The van der Waals surface area contributed by atoms with Gasteiger partial charge in [-0.3, -0.25) is 9.78 Å². The van der Waals surface area contributed by atoms with Gasteiger partial charge in [0, 0.05) is 23.7 Å². The van der Waals surface area contributed by atoms with Gasteiger partial charge in [0.1, 0.15) is 17.7 Å². The Morgan fingerprint density at radius 3 is 2.78 bits per heavy atom. The molecular formula is C24H24FN3O4. The number of ether oxygens (including phenoxy) is 3. The van der Waals surface area contributed by atoms with Crippen molar-refractivity contribution in [2.45, 2.75) is 26.4 Å². The average Bonchev–Trinajstić information content (AvgIpc) is 3.24. The molecule has 8 heteroatoms. The van der Waals surface area contributed by atoms with Gasteiger partial charge < -0.3 is 19.5 Å². The van der Waals surface area contributed by atoms with Crippen molar-refractivity contribution in [1.29, 1.82) is 0 Å². The second kappa shape index (κ2) is 9.21. The number of nitrogens with one attached hydrogen (secondary N) is 1. The molecule has 1 aliphatic rings. The van der Waals surface area contributed by atoms with Crippen molar-refractivity contribution >= 4 is 5.91 Å². The number of nitrogens with zero attached hydrogens (tertiary/aromatic N) is 2. The van der Waals surface area contributed by atoms with E-state index in [-0.39, 0.29) is 24.9 Å². The summed E-state index contributed by atoms with van der Waals surface area (Å²) in [6.45, 7) is 3.76. The van der Waals surface area contributed by atoms with Crippen LogP contribution in [0, 0.1) is 19.7 Å². The molecule has 2 heterocycles. The van der Waals surface area contributed by atoms with E-state index in [0.29, 0.717) is 40.5 Å². The lowest BCUT2D eigenvalue weighted by atomic mass is 10.0. The lowest BCUT2D eigenvalue weighted by Crippen LogP contribution is -2.37. The summed E-state index contributed by atoms with van der Waals surface area (Å²) in [6.07, 6.45) is 1.64. The molecule has 4 rings (SSSR count). The van der Waals surface area contributed by atoms with Crippen LogP contribution in [0.25, 0.3) is 11.3 Å². The van der Waals surface area contributed by atoms with Crippen LogP contribution in [0.5, 0.6) is 17.2 Å². The molecule has 1 aromatic heterocycles. The number of methoxy groups -OCH3 is 1. The molecule has 1 N–H and O–H groups in total. The van der Waals surface area contributed by atoms with Gasteiger partial charge in [0.05, 0.1) is 30.7 Å². The van der Waals surface area contributed by atoms with Crippen LogP contribution in [0.2, 0.25) is 0 Å². The van der Waals surface area contributed by atoms with Gasteiger partial charge in [-0.1, -0.05) is 12.1 Å². The fourth-order valence-corrected chi connectivity index (χ4v) is 3.62. The quantitative estimate of drug-likeness (QED) is 0.610. The molecule has 0 bridgehead atoms. The Labute approximate surface area is 185 Å². The Kier molecular flexibility index (Phi) is 6.20. The van der Waals surface area contributed by atoms with E-state index in [0.717, 1.165) is 11.4 Å². The SMILES string of the molecule is COc1ccccc1OCC(=O)NC[C@H]1Cc2c(F)ccc(-c3nc(C)cnc3C)c2O1. The molecule has 0 radical (unpaired) electrons. The molecule has 1 amide bonds. The van der Waals surface area contributed by atoms with Crippen LogP contribution in [0.15, 0.2) is 42.6 Å². The number of fused-ring (bicyclic) bond motifs is 1. The van der Waals surface area contributed by atoms with Crippen molar-refractivity contribution in [1.82, 2.24) is 15.3 Å². The van der Waals surface area contributed by atoms with E-state index in [1.807, 2.05) is 19.9 Å². The maximum Gasteiger partial charge on any atom is 0.258 e. The maximum atomic E-state index is 14.5. The highest BCUT2D eigenvalue weighted by molar-refractivity contribution is 5.77. The fourth-order valence-electron chi connectivity index (χ4n) is 3.62. The van der Waals surface area contributed by atoms with Crippen LogP contribution < -0.4 is 19.5 Å². The first-order valence-corrected chi connectivity index (χ1v) is 10.3. The Balaban J connectivity index is 1.40. The molecule has 3 aromatic rings. The van der Waals surface area contributed by atoms with Crippen molar-refractivity contribution < 1.29 is 23.4 Å². The summed E-state index contributed by atoms with van der Waals surface area (Å²) in [6, 6.07) is 10.2. The maximum absolute atomic E-state index is 14.5. The molecule has 2 aromatic carbocycles. The summed E-state index contributed by atoms with van der Waals surface area (Å²) in [4.78, 5) is 21.2. The monoisotopic (exact) mass is 437 g/mol. The van der Waals surface area contributed by atoms with Gasteiger partial charge in [-0.05, 0) is 38.1 Å². The molecule has 0 aliphatic carbocycles. The van der Waals surface area contributed by atoms with E-state index in [1.54, 1.807) is 30.5 Å². The molecule has 0 spiro atoms. The van der Waals surface area contributed by atoms with Gasteiger partial charge >= 0.3 is 0 Å². The predicted octanol–water partition coefficient (Wildman–Crippen LogP) is 3.41. The van der Waals surface area contributed by atoms with Crippen LogP contribution >= 0.6 is 0 Å². The Morgan fingerprint density at radius 1 is 1.22 bits per heavy atom. The van der Waals surface area contributed by atoms with E-state index in [4.69, 9.17) is 14.2 Å². The number of aryl methyl sites for hydroxylation is 2. The highest BCUT2D eigenvalue weighted by Crippen LogP contribution is 2.40. The summed E-state index contributed by atoms with van der Waals surface area (Å²) in [5.74, 6) is 0.841. The number of carbonyl (C=O) groups excluding carboxylic acids is 1. The molecule has 1 aliphatic heterocycles. The number of carbonyl (C=O) groups is 1. The summed E-state index contributed by atoms with van der Waals surface area (Å²) in [5, 5.41) is 2.79. The first-order chi connectivity index (χ1) is 15.5. The van der Waals surface area contributed by atoms with Crippen LogP contribution in [-0.4, -0.2) is 42.2 Å². The van der Waals surface area contributed by atoms with Crippen LogP contribution in [0.3, 0.4) is 0 Å². The lowest BCUT2D eigenvalue weighted by Gasteiger charge is -2.15. The number of amides is 1. The zero-order valence-electron chi connectivity index (χ0n) is 18.1. The number of aromatic nitrogens is 2. The van der Waals surface area contributed by atoms with Gasteiger partial charge in [0.2, 0.25) is 0 Å². The summed E-state index contributed by atoms with van der Waals surface area (Å²) >= 11 is 0. The van der Waals surface area contributed by atoms with Crippen LogP contribution in [0.4, 0.5) is 4.39 Å². The minimum absolute atomic E-state index is 0.169. The van der Waals surface area contributed by atoms with Gasteiger partial charge in [-0.2, -0.15) is 0 Å². The third-order valence-electron chi connectivity index (χ3n) is 5.21. The van der Waals surface area contributed by atoms with E-state index in [2.05, 4.69) is 15.3 Å². The van der Waals surface area contributed by atoms with Crippen molar-refractivity contribution in [3.05, 3.63) is 65.4 Å². The Bertz CT molecular complexity index is 1150. The minimum Gasteiger partial charge on any atom is -0.493 e. The topological polar surface area (TPSA) is 82.6 Å². The molecule has 0 saturated carbocycles. The van der Waals surface area contributed by atoms with E-state index >= 15 is 0 Å². The fraction of sp³-hybridized carbons (Fsp3) is 0.292. The molecular weight excluding hydrogens is 413 g/mol. The number of para-hydroxylation sites is 2. The Morgan fingerprint density at radius 2 is 2.00 bits per heavy atom. The molecule has 0 unspecified atom stereocenters. The molecule has 7 nitrogen and oxygen atoms in total. The van der Waals surface area contributed by atoms with Crippen molar-refractivity contribution in [3.63, 3.8) is 0 Å². The number of hydrogen-bond acceptors (Lipinski definition) is 6. The third kappa shape index (κ3) is 4.49. The van der Waals surface area contributed by atoms with Crippen molar-refractivity contribution in [3.8, 4) is 28.5 Å². The third-order valence-corrected chi connectivity index (χ3v) is 5.21. The van der Waals surface area contributed by atoms with Gasteiger partial charge in [-0.25, -0.2) is 9.37 Å². The van der Waals surface area contributed by atoms with Crippen LogP contribution in [0.1, 0.15) is 17.0 Å². The first kappa shape index (κ1) is 21.5. The zero-order chi connectivity index (χ0) is 22.7. The van der Waals surface area contributed by atoms with Gasteiger partial charge in [0.25, 0.3) is 5.91 Å². The smallest absolute Gasteiger partial charge is 0.258 e. The Hall–Kier alpha value is -3.68. The normalized spacial score (nSPS) is 14.4. The van der Waals surface area contributed by atoms with E-state index in [9.17, 15) is 9.18 Å². The van der Waals surface area contributed by atoms with Gasteiger partial charge in [0.15, 0.2) is 18.1 Å². The predicted molar refractivity (Wildman–Crippen MR) is 117 cm³/mol. The average molecular weight is 437 g/mol. The minimum atomic E-state index is -0.395.